The van der Waals surface area contributed by atoms with Crippen LogP contribution in [0.3, 0.4) is 0 Å². The molecule has 3 rings (SSSR count). The summed E-state index contributed by atoms with van der Waals surface area (Å²) in [4.78, 5) is 12.2. The van der Waals surface area contributed by atoms with E-state index in [4.69, 9.17) is 23.4 Å². The number of aromatic nitrogens is 2. The first kappa shape index (κ1) is 21.7. The van der Waals surface area contributed by atoms with Gasteiger partial charge in [-0.2, -0.15) is 0 Å². The summed E-state index contributed by atoms with van der Waals surface area (Å²) in [5.74, 6) is 2.18. The molecule has 0 aliphatic carbocycles. The van der Waals surface area contributed by atoms with Crippen LogP contribution in [0.5, 0.6) is 23.0 Å². The third-order valence-corrected chi connectivity index (χ3v) is 4.33. The molecule has 1 amide bonds. The Morgan fingerprint density at radius 3 is 2.23 bits per heavy atom. The molecule has 3 aromatic rings. The van der Waals surface area contributed by atoms with Gasteiger partial charge in [0.25, 0.3) is 5.91 Å². The molecule has 0 saturated heterocycles. The van der Waals surface area contributed by atoms with Crippen molar-refractivity contribution in [2.45, 2.75) is 6.42 Å². The molecular weight excluding hydrogens is 402 g/mol. The number of carbonyl (C=O) groups is 1. The molecule has 9 heteroatoms. The molecule has 0 saturated carbocycles. The summed E-state index contributed by atoms with van der Waals surface area (Å²) in [7, 11) is 6.18. The molecule has 0 atom stereocenters. The van der Waals surface area contributed by atoms with Gasteiger partial charge in [-0.3, -0.25) is 10.1 Å². The standard InChI is InChI=1S/C22H23N3O6/c1-27-16-8-5-14(6-9-16)13-20-24-25-22(31-20)23-19(26)10-7-15-11-17(28-2)21(30-4)18(12-15)29-3/h5-12H,13H2,1-4H3,(H,23,25,26). The number of ether oxygens (including phenoxy) is 4. The number of nitrogens with one attached hydrogen (secondary N) is 1. The fraction of sp³-hybridized carbons (Fsp3) is 0.227. The van der Waals surface area contributed by atoms with E-state index in [9.17, 15) is 4.79 Å². The Bertz CT molecular complexity index is 1030. The number of rotatable bonds is 9. The lowest BCUT2D eigenvalue weighted by molar-refractivity contribution is -0.112. The van der Waals surface area contributed by atoms with Gasteiger partial charge in [-0.05, 0) is 41.5 Å². The molecule has 1 heterocycles. The number of carbonyl (C=O) groups excluding carboxylic acids is 1. The van der Waals surface area contributed by atoms with Gasteiger partial charge in [0.2, 0.25) is 11.6 Å². The quantitative estimate of drug-likeness (QED) is 0.521. The highest BCUT2D eigenvalue weighted by Crippen LogP contribution is 2.38. The molecule has 2 aromatic carbocycles. The molecule has 1 aromatic heterocycles. The van der Waals surface area contributed by atoms with E-state index in [0.717, 1.165) is 11.3 Å². The Labute approximate surface area is 179 Å². The first-order chi connectivity index (χ1) is 15.1. The summed E-state index contributed by atoms with van der Waals surface area (Å²) in [6.45, 7) is 0. The lowest BCUT2D eigenvalue weighted by Gasteiger charge is -2.12. The van der Waals surface area contributed by atoms with Gasteiger partial charge in [0, 0.05) is 6.08 Å². The number of methoxy groups -OCH3 is 4. The lowest BCUT2D eigenvalue weighted by atomic mass is 10.1. The predicted octanol–water partition coefficient (Wildman–Crippen LogP) is 3.35. The number of amides is 1. The average Bonchev–Trinajstić information content (AvgIpc) is 3.23. The van der Waals surface area contributed by atoms with Crippen molar-refractivity contribution in [1.82, 2.24) is 10.2 Å². The molecular formula is C22H23N3O6. The van der Waals surface area contributed by atoms with Crippen LogP contribution in [0.1, 0.15) is 17.0 Å². The van der Waals surface area contributed by atoms with Crippen molar-refractivity contribution in [3.8, 4) is 23.0 Å². The van der Waals surface area contributed by atoms with Crippen LogP contribution in [0.25, 0.3) is 6.08 Å². The van der Waals surface area contributed by atoms with Crippen LogP contribution in [-0.2, 0) is 11.2 Å². The van der Waals surface area contributed by atoms with Gasteiger partial charge in [0.1, 0.15) is 5.75 Å². The minimum absolute atomic E-state index is 0.0167. The zero-order valence-corrected chi connectivity index (χ0v) is 17.7. The average molecular weight is 425 g/mol. The van der Waals surface area contributed by atoms with E-state index in [1.165, 1.54) is 27.4 Å². The molecule has 162 valence electrons. The number of anilines is 1. The maximum atomic E-state index is 12.2. The highest BCUT2D eigenvalue weighted by atomic mass is 16.5. The number of hydrogen-bond acceptors (Lipinski definition) is 8. The van der Waals surface area contributed by atoms with Crippen LogP contribution >= 0.6 is 0 Å². The second kappa shape index (κ2) is 10.1. The van der Waals surface area contributed by atoms with Crippen LogP contribution in [0.15, 0.2) is 46.9 Å². The van der Waals surface area contributed by atoms with E-state index < -0.39 is 5.91 Å². The van der Waals surface area contributed by atoms with E-state index in [0.29, 0.717) is 35.1 Å². The van der Waals surface area contributed by atoms with Gasteiger partial charge in [-0.25, -0.2) is 0 Å². The Hall–Kier alpha value is -4.01. The van der Waals surface area contributed by atoms with E-state index in [1.807, 2.05) is 24.3 Å². The van der Waals surface area contributed by atoms with E-state index in [1.54, 1.807) is 25.3 Å². The summed E-state index contributed by atoms with van der Waals surface area (Å²) in [5.41, 5.74) is 1.67. The fourth-order valence-corrected chi connectivity index (χ4v) is 2.81. The fourth-order valence-electron chi connectivity index (χ4n) is 2.81. The lowest BCUT2D eigenvalue weighted by Crippen LogP contribution is -2.07. The molecule has 0 radical (unpaired) electrons. The van der Waals surface area contributed by atoms with Crippen LogP contribution < -0.4 is 24.3 Å². The molecule has 0 bridgehead atoms. The number of hydrogen-bond donors (Lipinski definition) is 1. The Morgan fingerprint density at radius 2 is 1.65 bits per heavy atom. The van der Waals surface area contributed by atoms with E-state index in [-0.39, 0.29) is 6.01 Å². The Kier molecular flexibility index (Phi) is 7.10. The zero-order chi connectivity index (χ0) is 22.2. The summed E-state index contributed by atoms with van der Waals surface area (Å²) >= 11 is 0. The molecule has 0 aliphatic rings. The van der Waals surface area contributed by atoms with Crippen molar-refractivity contribution in [3.05, 3.63) is 59.5 Å². The van der Waals surface area contributed by atoms with E-state index in [2.05, 4.69) is 15.5 Å². The first-order valence-electron chi connectivity index (χ1n) is 9.30. The molecule has 31 heavy (non-hydrogen) atoms. The van der Waals surface area contributed by atoms with Gasteiger partial charge >= 0.3 is 6.01 Å². The second-order valence-electron chi connectivity index (χ2n) is 6.31. The Balaban J connectivity index is 1.64. The normalized spacial score (nSPS) is 10.7. The third kappa shape index (κ3) is 5.53. The van der Waals surface area contributed by atoms with Gasteiger partial charge < -0.3 is 23.4 Å². The monoisotopic (exact) mass is 425 g/mol. The Morgan fingerprint density at radius 1 is 0.968 bits per heavy atom. The highest BCUT2D eigenvalue weighted by Gasteiger charge is 2.13. The molecule has 0 fully saturated rings. The van der Waals surface area contributed by atoms with E-state index >= 15 is 0 Å². The maximum absolute atomic E-state index is 12.2. The number of benzene rings is 2. The SMILES string of the molecule is COc1ccc(Cc2nnc(NC(=O)C=Cc3cc(OC)c(OC)c(OC)c3)o2)cc1. The van der Waals surface area contributed by atoms with Crippen molar-refractivity contribution >= 4 is 18.0 Å². The maximum Gasteiger partial charge on any atom is 0.322 e. The van der Waals surface area contributed by atoms with Crippen molar-refractivity contribution in [1.29, 1.82) is 0 Å². The predicted molar refractivity (Wildman–Crippen MR) is 114 cm³/mol. The molecule has 1 N–H and O–H groups in total. The van der Waals surface area contributed by atoms with Crippen LogP contribution in [0.4, 0.5) is 6.01 Å². The second-order valence-corrected chi connectivity index (χ2v) is 6.31. The topological polar surface area (TPSA) is 105 Å². The van der Waals surface area contributed by atoms with Gasteiger partial charge in [-0.15, -0.1) is 5.10 Å². The van der Waals surface area contributed by atoms with Crippen LogP contribution in [0, 0.1) is 0 Å². The van der Waals surface area contributed by atoms with Crippen LogP contribution in [-0.4, -0.2) is 44.5 Å². The number of nitrogens with zero attached hydrogens (tertiary/aromatic N) is 2. The smallest absolute Gasteiger partial charge is 0.322 e. The first-order valence-corrected chi connectivity index (χ1v) is 9.30. The molecule has 0 aliphatic heterocycles. The van der Waals surface area contributed by atoms with Crippen molar-refractivity contribution in [2.75, 3.05) is 33.8 Å². The van der Waals surface area contributed by atoms with Crippen LogP contribution in [0.2, 0.25) is 0 Å². The largest absolute Gasteiger partial charge is 0.497 e. The molecule has 0 unspecified atom stereocenters. The zero-order valence-electron chi connectivity index (χ0n) is 17.7. The third-order valence-electron chi connectivity index (χ3n) is 4.33. The summed E-state index contributed by atoms with van der Waals surface area (Å²) in [6, 6.07) is 11.0. The van der Waals surface area contributed by atoms with Gasteiger partial charge in [0.15, 0.2) is 11.5 Å². The van der Waals surface area contributed by atoms with Crippen molar-refractivity contribution in [2.24, 2.45) is 0 Å². The molecule has 0 spiro atoms. The molecule has 9 nitrogen and oxygen atoms in total. The summed E-state index contributed by atoms with van der Waals surface area (Å²) in [6.07, 6.45) is 3.39. The van der Waals surface area contributed by atoms with Gasteiger partial charge in [-0.1, -0.05) is 17.2 Å². The minimum Gasteiger partial charge on any atom is -0.497 e. The van der Waals surface area contributed by atoms with Crippen molar-refractivity contribution < 1.29 is 28.2 Å². The van der Waals surface area contributed by atoms with Gasteiger partial charge in [0.05, 0.1) is 34.9 Å². The summed E-state index contributed by atoms with van der Waals surface area (Å²) < 4.78 is 26.5. The summed E-state index contributed by atoms with van der Waals surface area (Å²) in [5, 5.41) is 10.4. The highest BCUT2D eigenvalue weighted by molar-refractivity contribution is 6.00. The van der Waals surface area contributed by atoms with Crippen molar-refractivity contribution in [3.63, 3.8) is 0 Å². The minimum atomic E-state index is -0.423.